The summed E-state index contributed by atoms with van der Waals surface area (Å²) < 4.78 is 2.19. The van der Waals surface area contributed by atoms with Crippen LogP contribution in [0.2, 0.25) is 0 Å². The van der Waals surface area contributed by atoms with Crippen molar-refractivity contribution in [3.05, 3.63) is 24.0 Å². The number of nitrogens with two attached hydrogens (primary N) is 1. The maximum absolute atomic E-state index is 11.9. The van der Waals surface area contributed by atoms with Gasteiger partial charge in [-0.3, -0.25) is 4.79 Å². The number of amides is 1. The predicted molar refractivity (Wildman–Crippen MR) is 84.0 cm³/mol. The molecule has 3 N–H and O–H groups in total. The zero-order chi connectivity index (χ0) is 15.0. The zero-order valence-electron chi connectivity index (χ0n) is 12.6. The van der Waals surface area contributed by atoms with Crippen LogP contribution in [-0.2, 0) is 11.3 Å². The van der Waals surface area contributed by atoms with Crippen LogP contribution in [0.5, 0.6) is 0 Å². The number of anilines is 1. The average Bonchev–Trinajstić information content (AvgIpc) is 3.18. The summed E-state index contributed by atoms with van der Waals surface area (Å²) in [7, 11) is 0. The van der Waals surface area contributed by atoms with Gasteiger partial charge >= 0.3 is 0 Å². The molecule has 0 radical (unpaired) electrons. The first-order valence-electron chi connectivity index (χ1n) is 7.59. The Morgan fingerprint density at radius 1 is 1.48 bits per heavy atom. The van der Waals surface area contributed by atoms with Crippen molar-refractivity contribution < 1.29 is 4.79 Å². The Bertz CT molecular complexity index is 670. The van der Waals surface area contributed by atoms with Crippen molar-refractivity contribution in [1.82, 2.24) is 14.9 Å². The summed E-state index contributed by atoms with van der Waals surface area (Å²) in [5.74, 6) is 1.74. The number of hydrogen-bond donors (Lipinski definition) is 2. The van der Waals surface area contributed by atoms with E-state index in [2.05, 4.69) is 9.88 Å². The lowest BCUT2D eigenvalue weighted by molar-refractivity contribution is -0.121. The monoisotopic (exact) mass is 286 g/mol. The molecule has 2 aromatic rings. The Balaban J connectivity index is 1.85. The van der Waals surface area contributed by atoms with Gasteiger partial charge in [-0.05, 0) is 44.9 Å². The van der Waals surface area contributed by atoms with E-state index in [1.165, 1.54) is 12.8 Å². The van der Waals surface area contributed by atoms with Crippen LogP contribution in [0.15, 0.2) is 18.2 Å². The highest BCUT2D eigenvalue weighted by atomic mass is 16.1. The minimum Gasteiger partial charge on any atom is -0.399 e. The first-order chi connectivity index (χ1) is 10.0. The van der Waals surface area contributed by atoms with Gasteiger partial charge in [-0.1, -0.05) is 0 Å². The van der Waals surface area contributed by atoms with Gasteiger partial charge in [0.05, 0.1) is 11.0 Å². The third-order valence-corrected chi connectivity index (χ3v) is 3.76. The van der Waals surface area contributed by atoms with Gasteiger partial charge in [0.25, 0.3) is 0 Å². The summed E-state index contributed by atoms with van der Waals surface area (Å²) in [5.41, 5.74) is 8.57. The third-order valence-electron chi connectivity index (χ3n) is 3.76. The van der Waals surface area contributed by atoms with E-state index in [1.54, 1.807) is 0 Å². The number of aryl methyl sites for hydroxylation is 1. The van der Waals surface area contributed by atoms with Gasteiger partial charge in [-0.15, -0.1) is 0 Å². The fraction of sp³-hybridized carbons (Fsp3) is 0.500. The highest BCUT2D eigenvalue weighted by molar-refractivity contribution is 5.80. The van der Waals surface area contributed by atoms with Gasteiger partial charge in [-0.25, -0.2) is 4.98 Å². The quantitative estimate of drug-likeness (QED) is 0.829. The molecule has 0 aliphatic heterocycles. The molecule has 1 amide bonds. The molecule has 1 aromatic carbocycles. The maximum Gasteiger partial charge on any atom is 0.221 e. The fourth-order valence-corrected chi connectivity index (χ4v) is 2.66. The molecule has 112 valence electrons. The number of carbonyl (C=O) groups excluding carboxylic acids is 1. The van der Waals surface area contributed by atoms with Crippen LogP contribution >= 0.6 is 0 Å². The van der Waals surface area contributed by atoms with Crippen LogP contribution in [0.1, 0.15) is 44.9 Å². The summed E-state index contributed by atoms with van der Waals surface area (Å²) in [4.78, 5) is 16.6. The van der Waals surface area contributed by atoms with Gasteiger partial charge in [0.15, 0.2) is 0 Å². The lowest BCUT2D eigenvalue weighted by atomic mass is 10.2. The van der Waals surface area contributed by atoms with Crippen LogP contribution < -0.4 is 11.1 Å². The van der Waals surface area contributed by atoms with Crippen molar-refractivity contribution >= 4 is 22.6 Å². The van der Waals surface area contributed by atoms with E-state index in [-0.39, 0.29) is 11.9 Å². The van der Waals surface area contributed by atoms with Gasteiger partial charge < -0.3 is 15.6 Å². The minimum absolute atomic E-state index is 0.0871. The highest BCUT2D eigenvalue weighted by Crippen LogP contribution is 2.40. The third kappa shape index (κ3) is 3.01. The number of carbonyl (C=O) groups is 1. The molecule has 21 heavy (non-hydrogen) atoms. The molecule has 1 aliphatic carbocycles. The van der Waals surface area contributed by atoms with Crippen molar-refractivity contribution in [3.63, 3.8) is 0 Å². The van der Waals surface area contributed by atoms with Crippen LogP contribution in [0, 0.1) is 0 Å². The normalized spacial score (nSPS) is 14.8. The molecule has 0 unspecified atom stereocenters. The van der Waals surface area contributed by atoms with Crippen LogP contribution in [0.25, 0.3) is 11.0 Å². The lowest BCUT2D eigenvalue weighted by Crippen LogP contribution is -2.30. The Hall–Kier alpha value is -2.04. The van der Waals surface area contributed by atoms with E-state index in [0.717, 1.165) is 22.5 Å². The zero-order valence-corrected chi connectivity index (χ0v) is 12.6. The number of fused-ring (bicyclic) bond motifs is 1. The standard InChI is InChI=1S/C16H22N4O/c1-10(2)18-15(21)7-8-20-14-6-5-12(17)9-13(14)19-16(20)11-3-4-11/h5-6,9-11H,3-4,7-8,17H2,1-2H3,(H,18,21). The number of aromatic nitrogens is 2. The van der Waals surface area contributed by atoms with Gasteiger partial charge in [-0.2, -0.15) is 0 Å². The molecule has 1 aliphatic rings. The second-order valence-electron chi connectivity index (χ2n) is 6.12. The van der Waals surface area contributed by atoms with Crippen molar-refractivity contribution in [2.75, 3.05) is 5.73 Å². The van der Waals surface area contributed by atoms with Gasteiger partial charge in [0, 0.05) is 30.6 Å². The highest BCUT2D eigenvalue weighted by Gasteiger charge is 2.29. The number of nitrogen functional groups attached to an aromatic ring is 1. The molecule has 5 nitrogen and oxygen atoms in total. The number of rotatable bonds is 5. The molecule has 1 saturated carbocycles. The maximum atomic E-state index is 11.9. The molecule has 0 atom stereocenters. The molecule has 0 bridgehead atoms. The van der Waals surface area contributed by atoms with Crippen LogP contribution in [0.3, 0.4) is 0 Å². The minimum atomic E-state index is 0.0871. The molecule has 0 saturated heterocycles. The van der Waals surface area contributed by atoms with E-state index < -0.39 is 0 Å². The van der Waals surface area contributed by atoms with E-state index in [9.17, 15) is 4.79 Å². The topological polar surface area (TPSA) is 72.9 Å². The number of nitrogens with zero attached hydrogens (tertiary/aromatic N) is 2. The predicted octanol–water partition coefficient (Wildman–Crippen LogP) is 2.41. The van der Waals surface area contributed by atoms with E-state index in [4.69, 9.17) is 10.7 Å². The SMILES string of the molecule is CC(C)NC(=O)CCn1c(C2CC2)nc2cc(N)ccc21. The lowest BCUT2D eigenvalue weighted by Gasteiger charge is -2.11. The molecule has 1 fully saturated rings. The molecule has 1 aromatic heterocycles. The largest absolute Gasteiger partial charge is 0.399 e. The van der Waals surface area contributed by atoms with E-state index in [0.29, 0.717) is 18.9 Å². The van der Waals surface area contributed by atoms with Crippen molar-refractivity contribution in [2.45, 2.75) is 51.6 Å². The molecule has 3 rings (SSSR count). The average molecular weight is 286 g/mol. The van der Waals surface area contributed by atoms with E-state index >= 15 is 0 Å². The van der Waals surface area contributed by atoms with Crippen LogP contribution in [-0.4, -0.2) is 21.5 Å². The number of imidazole rings is 1. The summed E-state index contributed by atoms with van der Waals surface area (Å²) in [5, 5.41) is 2.93. The molecular weight excluding hydrogens is 264 g/mol. The Morgan fingerprint density at radius 3 is 2.90 bits per heavy atom. The fourth-order valence-electron chi connectivity index (χ4n) is 2.66. The molecule has 0 spiro atoms. The summed E-state index contributed by atoms with van der Waals surface area (Å²) in [6, 6.07) is 5.99. The Labute approximate surface area is 124 Å². The van der Waals surface area contributed by atoms with Crippen molar-refractivity contribution in [3.8, 4) is 0 Å². The Kier molecular flexibility index (Phi) is 3.57. The second-order valence-corrected chi connectivity index (χ2v) is 6.12. The Morgan fingerprint density at radius 2 is 2.24 bits per heavy atom. The van der Waals surface area contributed by atoms with Crippen molar-refractivity contribution in [2.24, 2.45) is 0 Å². The second kappa shape index (κ2) is 5.39. The molecule has 5 heteroatoms. The van der Waals surface area contributed by atoms with Crippen molar-refractivity contribution in [1.29, 1.82) is 0 Å². The number of hydrogen-bond acceptors (Lipinski definition) is 3. The smallest absolute Gasteiger partial charge is 0.221 e. The number of nitrogens with one attached hydrogen (secondary N) is 1. The summed E-state index contributed by atoms with van der Waals surface area (Å²) >= 11 is 0. The number of benzene rings is 1. The molecule has 1 heterocycles. The van der Waals surface area contributed by atoms with Crippen LogP contribution in [0.4, 0.5) is 5.69 Å². The van der Waals surface area contributed by atoms with E-state index in [1.807, 2.05) is 32.0 Å². The molecular formula is C16H22N4O. The summed E-state index contributed by atoms with van der Waals surface area (Å²) in [6.45, 7) is 4.62. The first kappa shape index (κ1) is 13.9. The first-order valence-corrected chi connectivity index (χ1v) is 7.59. The summed E-state index contributed by atoms with van der Waals surface area (Å²) in [6.07, 6.45) is 2.86. The van der Waals surface area contributed by atoms with Gasteiger partial charge in [0.1, 0.15) is 5.82 Å². The van der Waals surface area contributed by atoms with Gasteiger partial charge in [0.2, 0.25) is 5.91 Å².